The molecule has 4 aromatic carbocycles. The van der Waals surface area contributed by atoms with Crippen molar-refractivity contribution in [3.05, 3.63) is 114 Å². The van der Waals surface area contributed by atoms with Crippen molar-refractivity contribution in [1.82, 2.24) is 15.0 Å². The molecule has 290 valence electrons. The van der Waals surface area contributed by atoms with Crippen molar-refractivity contribution in [1.29, 1.82) is 0 Å². The number of methoxy groups -OCH3 is 2. The second-order valence-corrected chi connectivity index (χ2v) is 20.0. The third-order valence-electron chi connectivity index (χ3n) is 11.9. The number of amides is 2. The zero-order chi connectivity index (χ0) is 39.2. The summed E-state index contributed by atoms with van der Waals surface area (Å²) in [7, 11) is 0.931. The van der Waals surface area contributed by atoms with Crippen LogP contribution in [0.15, 0.2) is 97.2 Å². The fraction of sp³-hybridized carbons (Fsp3) is 0.349. The van der Waals surface area contributed by atoms with Crippen LogP contribution in [-0.2, 0) is 39.4 Å². The third-order valence-corrected chi connectivity index (χ3v) is 16.2. The van der Waals surface area contributed by atoms with Crippen LogP contribution in [0, 0.1) is 5.92 Å². The number of aromatic nitrogens is 3. The standard InChI is InChI=1S/C43H47N5O7Si/c1-28-41(56(4,5)34-17-14-32(52-2)15-18-34)39(20-22-46-26-30(21-23-49)44-45-46)55-43(28)35-24-33(53-3)16-19-36(35)47(42(43)51)25-29-10-12-31(13-11-29)48-37-8-6-7-9-38(37)54-27-40(48)50/h6-19,24,26,28,39,41,49H,20-23,25,27H2,1-5H3/t28-,39+,41-,43+/m1/s1. The number of carbonyl (C=O) groups excluding carboxylic acids is 2. The number of para-hydroxylation sites is 2. The highest BCUT2D eigenvalue weighted by molar-refractivity contribution is 6.91. The van der Waals surface area contributed by atoms with Gasteiger partial charge in [-0.1, -0.05) is 66.8 Å². The lowest BCUT2D eigenvalue weighted by Crippen LogP contribution is -2.51. The molecule has 1 N–H and O–H groups in total. The molecule has 0 bridgehead atoms. The largest absolute Gasteiger partial charge is 0.497 e. The molecule has 2 amide bonds. The van der Waals surface area contributed by atoms with Crippen molar-refractivity contribution in [3.8, 4) is 17.2 Å². The van der Waals surface area contributed by atoms with Gasteiger partial charge in [-0.3, -0.25) is 19.2 Å². The van der Waals surface area contributed by atoms with Crippen molar-refractivity contribution in [3.63, 3.8) is 0 Å². The van der Waals surface area contributed by atoms with E-state index in [4.69, 9.17) is 18.9 Å². The molecule has 1 fully saturated rings. The number of hydrogen-bond donors (Lipinski definition) is 1. The highest BCUT2D eigenvalue weighted by Crippen LogP contribution is 2.60. The van der Waals surface area contributed by atoms with Gasteiger partial charge in [-0.05, 0) is 72.1 Å². The summed E-state index contributed by atoms with van der Waals surface area (Å²) in [5.74, 6) is 1.65. The molecule has 5 aromatic rings. The Hall–Kier alpha value is -5.50. The number of nitrogens with zero attached hydrogens (tertiary/aromatic N) is 5. The van der Waals surface area contributed by atoms with Crippen molar-refractivity contribution in [2.75, 3.05) is 37.2 Å². The first kappa shape index (κ1) is 37.4. The fourth-order valence-corrected chi connectivity index (χ4v) is 13.2. The first-order valence-corrected chi connectivity index (χ1v) is 22.1. The Morgan fingerprint density at radius 3 is 2.39 bits per heavy atom. The average molecular weight is 774 g/mol. The highest BCUT2D eigenvalue weighted by Gasteiger charge is 2.66. The number of rotatable bonds is 12. The predicted molar refractivity (Wildman–Crippen MR) is 215 cm³/mol. The molecule has 1 aromatic heterocycles. The summed E-state index contributed by atoms with van der Waals surface area (Å²) in [4.78, 5) is 31.9. The van der Waals surface area contributed by atoms with Gasteiger partial charge in [-0.2, -0.15) is 0 Å². The number of hydrogen-bond acceptors (Lipinski definition) is 9. The monoisotopic (exact) mass is 773 g/mol. The van der Waals surface area contributed by atoms with E-state index in [9.17, 15) is 9.90 Å². The highest BCUT2D eigenvalue weighted by atomic mass is 28.3. The van der Waals surface area contributed by atoms with Gasteiger partial charge in [0.15, 0.2) is 12.2 Å². The van der Waals surface area contributed by atoms with E-state index in [1.807, 2.05) is 90.0 Å². The SMILES string of the molecule is COc1ccc([Si](C)(C)[C@H]2[C@H](CCn3cc(CCO)nn3)O[C@@]3(C(=O)N(Cc4ccc(N5C(=O)COc6ccccc65)cc4)c4ccc(OC)cc43)[C@@H]2C)cc1. The van der Waals surface area contributed by atoms with E-state index in [1.54, 1.807) is 23.8 Å². The summed E-state index contributed by atoms with van der Waals surface area (Å²) in [6, 6.07) is 29.4. The molecule has 0 aliphatic carbocycles. The summed E-state index contributed by atoms with van der Waals surface area (Å²) < 4.78 is 26.0. The predicted octanol–water partition coefficient (Wildman–Crippen LogP) is 5.74. The topological polar surface area (TPSA) is 128 Å². The molecular weight excluding hydrogens is 727 g/mol. The molecule has 4 heterocycles. The van der Waals surface area contributed by atoms with Gasteiger partial charge in [-0.25, -0.2) is 0 Å². The summed E-state index contributed by atoms with van der Waals surface area (Å²) in [5, 5.41) is 19.3. The fourth-order valence-electron chi connectivity index (χ4n) is 9.10. The maximum atomic E-state index is 15.3. The summed E-state index contributed by atoms with van der Waals surface area (Å²) in [6.45, 7) is 7.72. The Morgan fingerprint density at radius 1 is 0.929 bits per heavy atom. The summed E-state index contributed by atoms with van der Waals surface area (Å²) in [6.07, 6.45) is 2.64. The average Bonchev–Trinajstić information content (AvgIpc) is 3.87. The molecule has 13 heteroatoms. The Bertz CT molecular complexity index is 2240. The van der Waals surface area contributed by atoms with E-state index >= 15 is 4.79 Å². The second kappa shape index (κ2) is 14.9. The number of ether oxygens (including phenoxy) is 4. The van der Waals surface area contributed by atoms with E-state index in [-0.39, 0.29) is 42.6 Å². The molecule has 56 heavy (non-hydrogen) atoms. The van der Waals surface area contributed by atoms with Gasteiger partial charge in [0.05, 0.1) is 52.0 Å². The smallest absolute Gasteiger partial charge is 0.269 e. The van der Waals surface area contributed by atoms with Gasteiger partial charge >= 0.3 is 0 Å². The van der Waals surface area contributed by atoms with E-state index < -0.39 is 13.7 Å². The molecular formula is C43H47N5O7Si. The van der Waals surface area contributed by atoms with Crippen LogP contribution in [0.3, 0.4) is 0 Å². The molecule has 4 atom stereocenters. The van der Waals surface area contributed by atoms with Gasteiger partial charge in [0.1, 0.15) is 17.2 Å². The van der Waals surface area contributed by atoms with Crippen LogP contribution in [0.4, 0.5) is 17.1 Å². The van der Waals surface area contributed by atoms with Crippen LogP contribution in [-0.4, -0.2) is 73.5 Å². The van der Waals surface area contributed by atoms with E-state index in [0.717, 1.165) is 33.9 Å². The molecule has 0 saturated carbocycles. The quantitative estimate of drug-likeness (QED) is 0.158. The minimum atomic E-state index is -2.37. The van der Waals surface area contributed by atoms with Gasteiger partial charge in [0, 0.05) is 42.9 Å². The molecule has 8 rings (SSSR count). The number of aliphatic hydroxyl groups is 1. The maximum absolute atomic E-state index is 15.3. The number of carbonyl (C=O) groups is 2. The lowest BCUT2D eigenvalue weighted by Gasteiger charge is -2.37. The first-order chi connectivity index (χ1) is 27.1. The number of aliphatic hydroxyl groups excluding tert-OH is 1. The van der Waals surface area contributed by atoms with Crippen LogP contribution in [0.2, 0.25) is 18.6 Å². The summed E-state index contributed by atoms with van der Waals surface area (Å²) >= 11 is 0. The van der Waals surface area contributed by atoms with Crippen molar-refractivity contribution in [2.24, 2.45) is 5.92 Å². The van der Waals surface area contributed by atoms with E-state index in [2.05, 4.69) is 42.5 Å². The van der Waals surface area contributed by atoms with Crippen LogP contribution in [0.25, 0.3) is 0 Å². The number of aryl methyl sites for hydroxylation is 1. The van der Waals surface area contributed by atoms with Crippen LogP contribution in [0.5, 0.6) is 17.2 Å². The van der Waals surface area contributed by atoms with Crippen LogP contribution < -0.4 is 29.2 Å². The van der Waals surface area contributed by atoms with Crippen LogP contribution in [0.1, 0.15) is 30.2 Å². The van der Waals surface area contributed by atoms with Crippen LogP contribution >= 0.6 is 0 Å². The molecule has 12 nitrogen and oxygen atoms in total. The second-order valence-electron chi connectivity index (χ2n) is 15.3. The minimum Gasteiger partial charge on any atom is -0.497 e. The molecule has 3 aliphatic heterocycles. The third kappa shape index (κ3) is 6.33. The maximum Gasteiger partial charge on any atom is 0.269 e. The number of benzene rings is 4. The Labute approximate surface area is 327 Å². The number of anilines is 3. The van der Waals surface area contributed by atoms with E-state index in [0.29, 0.717) is 43.1 Å². The zero-order valence-electron chi connectivity index (χ0n) is 32.3. The normalized spacial score (nSPS) is 21.6. The molecule has 1 spiro atoms. The Kier molecular flexibility index (Phi) is 9.93. The number of fused-ring (bicyclic) bond motifs is 3. The van der Waals surface area contributed by atoms with Gasteiger partial charge in [-0.15, -0.1) is 5.10 Å². The molecule has 1 saturated heterocycles. The van der Waals surface area contributed by atoms with Gasteiger partial charge in [0.25, 0.3) is 11.8 Å². The van der Waals surface area contributed by atoms with Crippen molar-refractivity contribution in [2.45, 2.75) is 63.2 Å². The lowest BCUT2D eigenvalue weighted by molar-refractivity contribution is -0.146. The van der Waals surface area contributed by atoms with Crippen molar-refractivity contribution < 1.29 is 33.6 Å². The van der Waals surface area contributed by atoms with Gasteiger partial charge < -0.3 is 29.0 Å². The first-order valence-electron chi connectivity index (χ1n) is 19.1. The Morgan fingerprint density at radius 2 is 1.66 bits per heavy atom. The lowest BCUT2D eigenvalue weighted by atomic mass is 9.82. The van der Waals surface area contributed by atoms with Gasteiger partial charge in [0.2, 0.25) is 0 Å². The molecule has 0 radical (unpaired) electrons. The minimum absolute atomic E-state index is 0.00188. The molecule has 3 aliphatic rings. The van der Waals surface area contributed by atoms with Crippen molar-refractivity contribution >= 4 is 42.1 Å². The zero-order valence-corrected chi connectivity index (χ0v) is 33.3. The Balaban J connectivity index is 1.15. The van der Waals surface area contributed by atoms with E-state index in [1.165, 1.54) is 5.19 Å². The molecule has 0 unspecified atom stereocenters. The summed E-state index contributed by atoms with van der Waals surface area (Å²) in [5.41, 5.74) is 3.43.